The number of anilines is 1. The van der Waals surface area contributed by atoms with Gasteiger partial charge in [-0.05, 0) is 82.2 Å². The van der Waals surface area contributed by atoms with Crippen LogP contribution < -0.4 is 19.5 Å². The standard InChI is InChI=1S/C28H40N2O8S/c1-5-36-27(33)28(2,3)38-23-12-8-20(9-13-23)19-6-10-21(11-7-19)29-17-22(31)18-37-24-14-15-26(32)25(16-24)30-39(4,34)35/h8-9,12-16,19,21-22,29-32H,5-7,10-11,17-18H2,1-4H3/t19?,21?,22-/m0/s1. The van der Waals surface area contributed by atoms with Crippen LogP contribution >= 0.6 is 0 Å². The summed E-state index contributed by atoms with van der Waals surface area (Å²) >= 11 is 0. The molecule has 0 spiro atoms. The molecule has 2 aromatic carbocycles. The van der Waals surface area contributed by atoms with Crippen molar-refractivity contribution in [1.82, 2.24) is 5.32 Å². The fourth-order valence-electron chi connectivity index (χ4n) is 4.52. The summed E-state index contributed by atoms with van der Waals surface area (Å²) in [6.45, 7) is 5.85. The van der Waals surface area contributed by atoms with Crippen molar-refractivity contribution in [2.24, 2.45) is 0 Å². The molecule has 0 saturated heterocycles. The van der Waals surface area contributed by atoms with Gasteiger partial charge < -0.3 is 29.7 Å². The number of ether oxygens (including phenoxy) is 3. The van der Waals surface area contributed by atoms with Gasteiger partial charge in [0.2, 0.25) is 10.0 Å². The predicted molar refractivity (Wildman–Crippen MR) is 149 cm³/mol. The van der Waals surface area contributed by atoms with E-state index >= 15 is 0 Å². The van der Waals surface area contributed by atoms with Gasteiger partial charge in [0, 0.05) is 18.7 Å². The second-order valence-electron chi connectivity index (χ2n) is 10.4. The lowest BCUT2D eigenvalue weighted by Crippen LogP contribution is -2.40. The van der Waals surface area contributed by atoms with Crippen LogP contribution in [-0.2, 0) is 19.6 Å². The van der Waals surface area contributed by atoms with Gasteiger partial charge in [0.05, 0.1) is 18.6 Å². The van der Waals surface area contributed by atoms with Crippen molar-refractivity contribution in [3.05, 3.63) is 48.0 Å². The molecule has 0 unspecified atom stereocenters. The van der Waals surface area contributed by atoms with E-state index in [2.05, 4.69) is 22.2 Å². The Labute approximate surface area is 230 Å². The van der Waals surface area contributed by atoms with Crippen molar-refractivity contribution < 1.29 is 37.6 Å². The van der Waals surface area contributed by atoms with E-state index in [9.17, 15) is 23.4 Å². The third-order valence-corrected chi connectivity index (χ3v) is 7.16. The summed E-state index contributed by atoms with van der Waals surface area (Å²) in [6, 6.07) is 12.4. The van der Waals surface area contributed by atoms with E-state index in [1.807, 2.05) is 12.1 Å². The summed E-state index contributed by atoms with van der Waals surface area (Å²) in [4.78, 5) is 12.1. The topological polar surface area (TPSA) is 143 Å². The van der Waals surface area contributed by atoms with Gasteiger partial charge in [-0.3, -0.25) is 4.72 Å². The van der Waals surface area contributed by atoms with E-state index in [0.717, 1.165) is 31.9 Å². The minimum absolute atomic E-state index is 0.0158. The van der Waals surface area contributed by atoms with Gasteiger partial charge in [-0.1, -0.05) is 12.1 Å². The molecule has 0 heterocycles. The number of esters is 1. The van der Waals surface area contributed by atoms with Crippen LogP contribution in [0.25, 0.3) is 0 Å². The molecule has 39 heavy (non-hydrogen) atoms. The second-order valence-corrected chi connectivity index (χ2v) is 12.1. The first-order chi connectivity index (χ1) is 18.4. The molecule has 0 aliphatic heterocycles. The number of hydrogen-bond donors (Lipinski definition) is 4. The first kappa shape index (κ1) is 30.5. The second kappa shape index (κ2) is 13.4. The highest BCUT2D eigenvalue weighted by molar-refractivity contribution is 7.92. The number of nitrogens with one attached hydrogen (secondary N) is 2. The summed E-state index contributed by atoms with van der Waals surface area (Å²) < 4.78 is 41.6. The largest absolute Gasteiger partial charge is 0.506 e. The van der Waals surface area contributed by atoms with Gasteiger partial charge in [-0.15, -0.1) is 0 Å². The van der Waals surface area contributed by atoms with Crippen LogP contribution in [0.3, 0.4) is 0 Å². The van der Waals surface area contributed by atoms with Crippen LogP contribution in [-0.4, -0.2) is 68.4 Å². The normalized spacial score (nSPS) is 18.7. The van der Waals surface area contributed by atoms with Gasteiger partial charge in [0.15, 0.2) is 5.60 Å². The van der Waals surface area contributed by atoms with Gasteiger partial charge in [-0.25, -0.2) is 13.2 Å². The van der Waals surface area contributed by atoms with Gasteiger partial charge in [-0.2, -0.15) is 0 Å². The van der Waals surface area contributed by atoms with E-state index in [1.165, 1.54) is 23.8 Å². The Morgan fingerprint density at radius 2 is 1.72 bits per heavy atom. The average molecular weight is 565 g/mol. The first-order valence-corrected chi connectivity index (χ1v) is 15.1. The van der Waals surface area contributed by atoms with E-state index in [0.29, 0.717) is 36.6 Å². The van der Waals surface area contributed by atoms with Crippen LogP contribution in [0.15, 0.2) is 42.5 Å². The van der Waals surface area contributed by atoms with Crippen LogP contribution in [0.4, 0.5) is 5.69 Å². The lowest BCUT2D eigenvalue weighted by atomic mass is 9.81. The summed E-state index contributed by atoms with van der Waals surface area (Å²) in [6.07, 6.45) is 4.22. The first-order valence-electron chi connectivity index (χ1n) is 13.2. The molecule has 0 aromatic heterocycles. The molecule has 3 rings (SSSR count). The SMILES string of the molecule is CCOC(=O)C(C)(C)Oc1ccc(C2CCC(NC[C@H](O)COc3ccc(O)c(NS(C)(=O)=O)c3)CC2)cc1. The number of sulfonamides is 1. The highest BCUT2D eigenvalue weighted by Gasteiger charge is 2.31. The number of aromatic hydroxyl groups is 1. The van der Waals surface area contributed by atoms with Crippen molar-refractivity contribution in [1.29, 1.82) is 0 Å². The van der Waals surface area contributed by atoms with Crippen molar-refractivity contribution in [3.8, 4) is 17.2 Å². The number of carbonyl (C=O) groups is 1. The lowest BCUT2D eigenvalue weighted by molar-refractivity contribution is -0.158. The molecule has 1 aliphatic rings. The van der Waals surface area contributed by atoms with E-state index < -0.39 is 27.7 Å². The molecule has 10 nitrogen and oxygen atoms in total. The number of benzene rings is 2. The van der Waals surface area contributed by atoms with Crippen LogP contribution in [0, 0.1) is 0 Å². The maximum atomic E-state index is 12.1. The highest BCUT2D eigenvalue weighted by atomic mass is 32.2. The number of carbonyl (C=O) groups excluding carboxylic acids is 1. The Morgan fingerprint density at radius 3 is 2.33 bits per heavy atom. The Bertz CT molecular complexity index is 1190. The highest BCUT2D eigenvalue weighted by Crippen LogP contribution is 2.34. The van der Waals surface area contributed by atoms with Crippen molar-refractivity contribution >= 4 is 21.7 Å². The predicted octanol–water partition coefficient (Wildman–Crippen LogP) is 3.54. The minimum atomic E-state index is -3.55. The van der Waals surface area contributed by atoms with Gasteiger partial charge in [0.25, 0.3) is 0 Å². The molecule has 0 bridgehead atoms. The number of hydrogen-bond acceptors (Lipinski definition) is 9. The molecule has 11 heteroatoms. The minimum Gasteiger partial charge on any atom is -0.506 e. The molecule has 1 aliphatic carbocycles. The van der Waals surface area contributed by atoms with Crippen LogP contribution in [0.5, 0.6) is 17.2 Å². The molecule has 1 atom stereocenters. The zero-order valence-corrected chi connectivity index (χ0v) is 23.8. The Balaban J connectivity index is 1.40. The summed E-state index contributed by atoms with van der Waals surface area (Å²) in [5.74, 6) is 0.784. The number of aliphatic hydroxyl groups is 1. The van der Waals surface area contributed by atoms with E-state index in [1.54, 1.807) is 20.8 Å². The lowest BCUT2D eigenvalue weighted by Gasteiger charge is -2.30. The number of phenolic OH excluding ortho intramolecular Hbond substituents is 1. The van der Waals surface area contributed by atoms with E-state index in [-0.39, 0.29) is 18.0 Å². The number of aliphatic hydroxyl groups excluding tert-OH is 1. The Kier molecular flexibility index (Phi) is 10.5. The average Bonchev–Trinajstić information content (AvgIpc) is 2.88. The fraction of sp³-hybridized carbons (Fsp3) is 0.536. The molecule has 2 aromatic rings. The number of phenols is 1. The smallest absolute Gasteiger partial charge is 0.349 e. The molecule has 4 N–H and O–H groups in total. The molecular formula is C28H40N2O8S. The zero-order chi connectivity index (χ0) is 28.6. The molecule has 1 fully saturated rings. The molecule has 1 saturated carbocycles. The quantitative estimate of drug-likeness (QED) is 0.212. The monoisotopic (exact) mass is 564 g/mol. The Morgan fingerprint density at radius 1 is 1.08 bits per heavy atom. The van der Waals surface area contributed by atoms with Crippen LogP contribution in [0.2, 0.25) is 0 Å². The maximum Gasteiger partial charge on any atom is 0.349 e. The summed E-state index contributed by atoms with van der Waals surface area (Å²) in [5.41, 5.74) is 0.197. The van der Waals surface area contributed by atoms with Crippen molar-refractivity contribution in [2.75, 3.05) is 30.7 Å². The molecule has 0 amide bonds. The Hall–Kier alpha value is -3.02. The zero-order valence-electron chi connectivity index (χ0n) is 23.0. The summed E-state index contributed by atoms with van der Waals surface area (Å²) in [5, 5.41) is 23.6. The summed E-state index contributed by atoms with van der Waals surface area (Å²) in [7, 11) is -3.55. The van der Waals surface area contributed by atoms with Gasteiger partial charge in [0.1, 0.15) is 30.0 Å². The van der Waals surface area contributed by atoms with Gasteiger partial charge >= 0.3 is 5.97 Å². The maximum absolute atomic E-state index is 12.1. The number of rotatable bonds is 13. The van der Waals surface area contributed by atoms with Crippen LogP contribution in [0.1, 0.15) is 57.9 Å². The molecular weight excluding hydrogens is 524 g/mol. The van der Waals surface area contributed by atoms with Crippen molar-refractivity contribution in [3.63, 3.8) is 0 Å². The van der Waals surface area contributed by atoms with Crippen molar-refractivity contribution in [2.45, 2.75) is 70.1 Å². The van der Waals surface area contributed by atoms with E-state index in [4.69, 9.17) is 14.2 Å². The molecule has 0 radical (unpaired) electrons. The third kappa shape index (κ3) is 9.59. The third-order valence-electron chi connectivity index (χ3n) is 6.57. The molecule has 216 valence electrons. The fourth-order valence-corrected chi connectivity index (χ4v) is 5.08.